The van der Waals surface area contributed by atoms with Crippen LogP contribution in [0, 0.1) is 0 Å². The van der Waals surface area contributed by atoms with Crippen LogP contribution in [0.15, 0.2) is 71.8 Å². The zero-order valence-electron chi connectivity index (χ0n) is 18.4. The number of aromatic nitrogens is 2. The monoisotopic (exact) mass is 699 g/mol. The lowest BCUT2D eigenvalue weighted by Gasteiger charge is -2.12. The van der Waals surface area contributed by atoms with Gasteiger partial charge in [0.1, 0.15) is 18.2 Å². The highest BCUT2D eigenvalue weighted by Gasteiger charge is 2.13. The maximum Gasteiger partial charge on any atom is 0.282 e. The van der Waals surface area contributed by atoms with Gasteiger partial charge in [-0.15, -0.1) is 0 Å². The van der Waals surface area contributed by atoms with Crippen LogP contribution in [0.4, 0.5) is 0 Å². The Balaban J connectivity index is 1.63. The van der Waals surface area contributed by atoms with Gasteiger partial charge in [-0.25, -0.2) is 4.98 Å². The molecule has 0 aliphatic rings. The molecule has 0 spiro atoms. The Morgan fingerprint density at radius 1 is 1.06 bits per heavy atom. The van der Waals surface area contributed by atoms with Gasteiger partial charge < -0.3 is 4.74 Å². The average Bonchev–Trinajstić information content (AvgIpc) is 2.80. The third kappa shape index (κ3) is 6.17. The molecular formula is C25H18Br3Cl2N3O2. The molecule has 0 bridgehead atoms. The lowest BCUT2D eigenvalue weighted by molar-refractivity contribution is 0.302. The van der Waals surface area contributed by atoms with Crippen molar-refractivity contribution in [3.63, 3.8) is 0 Å². The summed E-state index contributed by atoms with van der Waals surface area (Å²) >= 11 is 22.8. The van der Waals surface area contributed by atoms with Gasteiger partial charge in [-0.1, -0.05) is 52.1 Å². The third-order valence-electron chi connectivity index (χ3n) is 5.08. The van der Waals surface area contributed by atoms with Gasteiger partial charge in [0.05, 0.1) is 26.1 Å². The largest absolute Gasteiger partial charge is 0.486 e. The van der Waals surface area contributed by atoms with E-state index in [0.29, 0.717) is 38.9 Å². The van der Waals surface area contributed by atoms with Crippen molar-refractivity contribution in [3.8, 4) is 5.75 Å². The minimum absolute atomic E-state index is 0.214. The van der Waals surface area contributed by atoms with Crippen LogP contribution in [-0.2, 0) is 13.0 Å². The fraction of sp³-hybridized carbons (Fsp3) is 0.160. The standard InChI is InChI=1S/C25H18Br3Cl2N3O2/c1-2-3-23-32-22-7-5-16(26)10-18(22)25(34)33(23)31-12-14-8-19(27)24(20(28)9-14)35-13-15-4-6-17(29)11-21(15)30/h4-12H,2-3,13H2,1H3. The number of ether oxygens (including phenoxy) is 1. The minimum atomic E-state index is -0.214. The molecule has 0 saturated carbocycles. The summed E-state index contributed by atoms with van der Waals surface area (Å²) in [6.45, 7) is 2.31. The van der Waals surface area contributed by atoms with Crippen LogP contribution in [0.3, 0.4) is 0 Å². The van der Waals surface area contributed by atoms with Gasteiger partial charge in [0.2, 0.25) is 0 Å². The summed E-state index contributed by atoms with van der Waals surface area (Å²) in [5.41, 5.74) is 2.03. The SMILES string of the molecule is CCCc1nc2ccc(Br)cc2c(=O)n1N=Cc1cc(Br)c(OCc2ccc(Cl)cc2Cl)c(Br)c1. The molecule has 0 amide bonds. The number of hydrogen-bond donors (Lipinski definition) is 0. The summed E-state index contributed by atoms with van der Waals surface area (Å²) in [5.74, 6) is 1.23. The van der Waals surface area contributed by atoms with Crippen molar-refractivity contribution < 1.29 is 4.74 Å². The fourth-order valence-corrected chi connectivity index (χ4v) is 5.68. The molecule has 0 radical (unpaired) electrons. The Kier molecular flexibility index (Phi) is 8.71. The normalized spacial score (nSPS) is 11.5. The highest BCUT2D eigenvalue weighted by atomic mass is 79.9. The van der Waals surface area contributed by atoms with E-state index in [4.69, 9.17) is 27.9 Å². The molecule has 35 heavy (non-hydrogen) atoms. The van der Waals surface area contributed by atoms with Gasteiger partial charge >= 0.3 is 0 Å². The number of halogens is 5. The number of hydrogen-bond acceptors (Lipinski definition) is 4. The second-order valence-corrected chi connectivity index (χ2v) is 11.1. The molecule has 0 aliphatic carbocycles. The van der Waals surface area contributed by atoms with Crippen molar-refractivity contribution in [2.75, 3.05) is 0 Å². The molecule has 5 nitrogen and oxygen atoms in total. The van der Waals surface area contributed by atoms with Crippen molar-refractivity contribution in [1.82, 2.24) is 9.66 Å². The number of benzene rings is 3. The van der Waals surface area contributed by atoms with E-state index in [1.807, 2.05) is 37.3 Å². The number of rotatable bonds is 7. The summed E-state index contributed by atoms with van der Waals surface area (Å²) in [6.07, 6.45) is 3.10. The molecule has 1 heterocycles. The summed E-state index contributed by atoms with van der Waals surface area (Å²) in [6, 6.07) is 14.5. The highest BCUT2D eigenvalue weighted by molar-refractivity contribution is 9.11. The van der Waals surface area contributed by atoms with E-state index in [1.54, 1.807) is 24.4 Å². The van der Waals surface area contributed by atoms with Crippen LogP contribution in [0.5, 0.6) is 5.75 Å². The summed E-state index contributed by atoms with van der Waals surface area (Å²) in [4.78, 5) is 17.8. The van der Waals surface area contributed by atoms with Crippen LogP contribution in [-0.4, -0.2) is 15.9 Å². The zero-order chi connectivity index (χ0) is 25.1. The average molecular weight is 703 g/mol. The molecule has 0 saturated heterocycles. The predicted octanol–water partition coefficient (Wildman–Crippen LogP) is 8.40. The lowest BCUT2D eigenvalue weighted by atomic mass is 10.2. The molecule has 0 fully saturated rings. The molecule has 0 atom stereocenters. The Morgan fingerprint density at radius 3 is 2.49 bits per heavy atom. The van der Waals surface area contributed by atoms with E-state index in [2.05, 4.69) is 57.9 Å². The Hall–Kier alpha value is -1.71. The number of aryl methyl sites for hydroxylation is 1. The molecule has 0 unspecified atom stereocenters. The third-order valence-corrected chi connectivity index (χ3v) is 7.34. The summed E-state index contributed by atoms with van der Waals surface area (Å²) in [5, 5.41) is 6.10. The molecule has 4 rings (SSSR count). The first kappa shape index (κ1) is 26.4. The zero-order valence-corrected chi connectivity index (χ0v) is 24.6. The first-order valence-corrected chi connectivity index (χ1v) is 13.7. The van der Waals surface area contributed by atoms with E-state index < -0.39 is 0 Å². The molecule has 0 N–H and O–H groups in total. The lowest BCUT2D eigenvalue weighted by Crippen LogP contribution is -2.22. The molecule has 10 heteroatoms. The molecular weight excluding hydrogens is 685 g/mol. The van der Waals surface area contributed by atoms with Crippen molar-refractivity contribution in [1.29, 1.82) is 0 Å². The molecule has 4 aromatic rings. The number of fused-ring (bicyclic) bond motifs is 1. The van der Waals surface area contributed by atoms with Gasteiger partial charge in [-0.2, -0.15) is 9.78 Å². The Morgan fingerprint density at radius 2 is 1.80 bits per heavy atom. The van der Waals surface area contributed by atoms with Crippen LogP contribution in [0.25, 0.3) is 10.9 Å². The first-order chi connectivity index (χ1) is 16.8. The quantitative estimate of drug-likeness (QED) is 0.182. The van der Waals surface area contributed by atoms with Crippen LogP contribution in [0.1, 0.15) is 30.3 Å². The van der Waals surface area contributed by atoms with Crippen LogP contribution < -0.4 is 10.3 Å². The van der Waals surface area contributed by atoms with E-state index in [-0.39, 0.29) is 12.2 Å². The van der Waals surface area contributed by atoms with Gasteiger partial charge in [0.25, 0.3) is 5.56 Å². The van der Waals surface area contributed by atoms with Gasteiger partial charge in [0, 0.05) is 26.5 Å². The van der Waals surface area contributed by atoms with Crippen molar-refractivity contribution >= 4 is 88.1 Å². The second-order valence-electron chi connectivity index (χ2n) is 7.64. The predicted molar refractivity (Wildman–Crippen MR) is 153 cm³/mol. The Labute approximate surface area is 237 Å². The molecule has 3 aromatic carbocycles. The van der Waals surface area contributed by atoms with Gasteiger partial charge in [0.15, 0.2) is 0 Å². The fourth-order valence-electron chi connectivity index (χ4n) is 3.40. The van der Waals surface area contributed by atoms with Crippen LogP contribution in [0.2, 0.25) is 10.0 Å². The van der Waals surface area contributed by atoms with Crippen molar-refractivity contribution in [2.45, 2.75) is 26.4 Å². The highest BCUT2D eigenvalue weighted by Crippen LogP contribution is 2.35. The molecule has 0 aliphatic heterocycles. The van der Waals surface area contributed by atoms with Crippen molar-refractivity contribution in [2.24, 2.45) is 5.10 Å². The summed E-state index contributed by atoms with van der Waals surface area (Å²) < 4.78 is 9.61. The maximum absolute atomic E-state index is 13.2. The molecule has 1 aromatic heterocycles. The van der Waals surface area contributed by atoms with Crippen molar-refractivity contribution in [3.05, 3.63) is 99.3 Å². The topological polar surface area (TPSA) is 56.5 Å². The minimum Gasteiger partial charge on any atom is -0.486 e. The van der Waals surface area contributed by atoms with Gasteiger partial charge in [-0.05, 0) is 86.3 Å². The smallest absolute Gasteiger partial charge is 0.282 e. The van der Waals surface area contributed by atoms with Crippen LogP contribution >= 0.6 is 71.0 Å². The maximum atomic E-state index is 13.2. The summed E-state index contributed by atoms with van der Waals surface area (Å²) in [7, 11) is 0. The van der Waals surface area contributed by atoms with E-state index in [1.165, 1.54) is 4.68 Å². The molecule has 180 valence electrons. The van der Waals surface area contributed by atoms with E-state index in [0.717, 1.165) is 31.0 Å². The number of nitrogens with zero attached hydrogens (tertiary/aromatic N) is 3. The second kappa shape index (κ2) is 11.6. The van der Waals surface area contributed by atoms with E-state index >= 15 is 0 Å². The van der Waals surface area contributed by atoms with E-state index in [9.17, 15) is 4.79 Å². The van der Waals surface area contributed by atoms with Gasteiger partial charge in [-0.3, -0.25) is 4.79 Å². The Bertz CT molecular complexity index is 1480. The first-order valence-electron chi connectivity index (χ1n) is 10.6.